The van der Waals surface area contributed by atoms with Crippen molar-refractivity contribution in [1.82, 2.24) is 5.32 Å². The van der Waals surface area contributed by atoms with Crippen LogP contribution in [0.2, 0.25) is 0 Å². The van der Waals surface area contributed by atoms with Crippen LogP contribution in [-0.2, 0) is 4.79 Å². The van der Waals surface area contributed by atoms with Gasteiger partial charge in [-0.3, -0.25) is 4.79 Å². The molecule has 0 spiro atoms. The fraction of sp³-hybridized carbons (Fsp3) is 0.960. The quantitative estimate of drug-likeness (QED) is 0.178. The second-order valence-electron chi connectivity index (χ2n) is 8.61. The van der Waals surface area contributed by atoms with Crippen molar-refractivity contribution in [2.75, 3.05) is 13.1 Å². The Balaban J connectivity index is 3.07. The van der Waals surface area contributed by atoms with Crippen molar-refractivity contribution >= 4 is 5.91 Å². The van der Waals surface area contributed by atoms with E-state index in [9.17, 15) is 4.79 Å². The first-order valence-corrected chi connectivity index (χ1v) is 12.8. The van der Waals surface area contributed by atoms with Crippen LogP contribution in [0.5, 0.6) is 0 Å². The highest BCUT2D eigenvalue weighted by Crippen LogP contribution is 2.14. The van der Waals surface area contributed by atoms with Gasteiger partial charge >= 0.3 is 0 Å². The predicted molar refractivity (Wildman–Crippen MR) is 125 cm³/mol. The van der Waals surface area contributed by atoms with Crippen LogP contribution in [0.15, 0.2) is 0 Å². The summed E-state index contributed by atoms with van der Waals surface area (Å²) in [6.07, 6.45) is 27.6. The highest BCUT2D eigenvalue weighted by atomic mass is 16.1. The average Bonchev–Trinajstić information content (AvgIpc) is 2.70. The molecule has 0 radical (unpaired) electrons. The number of nitrogens with one attached hydrogen (secondary N) is 1. The number of unbranched alkanes of at least 4 members (excludes halogenated alkanes) is 18. The number of hydrogen-bond donors (Lipinski definition) is 2. The first-order chi connectivity index (χ1) is 13.8. The minimum Gasteiger partial charge on any atom is -0.356 e. The van der Waals surface area contributed by atoms with Gasteiger partial charge in [-0.15, -0.1) is 0 Å². The zero-order chi connectivity index (χ0) is 20.5. The van der Waals surface area contributed by atoms with Crippen LogP contribution in [0, 0.1) is 0 Å². The van der Waals surface area contributed by atoms with Gasteiger partial charge in [0.2, 0.25) is 5.91 Å². The number of carbonyl (C=O) groups is 1. The second-order valence-corrected chi connectivity index (χ2v) is 8.61. The minimum atomic E-state index is 0.216. The van der Waals surface area contributed by atoms with Gasteiger partial charge in [0.1, 0.15) is 0 Å². The Labute approximate surface area is 177 Å². The SMILES string of the molecule is CCCCCCCCCCCCCCCCCCCCC(=O)NCCCCN. The minimum absolute atomic E-state index is 0.216. The third-order valence-corrected chi connectivity index (χ3v) is 5.71. The Hall–Kier alpha value is -0.570. The molecule has 0 atom stereocenters. The molecule has 0 aliphatic heterocycles. The van der Waals surface area contributed by atoms with Gasteiger partial charge in [0.05, 0.1) is 0 Å². The Morgan fingerprint density at radius 1 is 0.571 bits per heavy atom. The van der Waals surface area contributed by atoms with Crippen LogP contribution in [0.4, 0.5) is 0 Å². The van der Waals surface area contributed by atoms with Gasteiger partial charge in [0.25, 0.3) is 0 Å². The molecule has 0 saturated carbocycles. The molecule has 0 heterocycles. The number of hydrogen-bond acceptors (Lipinski definition) is 2. The summed E-state index contributed by atoms with van der Waals surface area (Å²) >= 11 is 0. The fourth-order valence-electron chi connectivity index (χ4n) is 3.77. The van der Waals surface area contributed by atoms with Crippen molar-refractivity contribution in [3.63, 3.8) is 0 Å². The van der Waals surface area contributed by atoms with Crippen molar-refractivity contribution in [3.8, 4) is 0 Å². The zero-order valence-corrected chi connectivity index (χ0v) is 19.2. The molecule has 0 aromatic rings. The third-order valence-electron chi connectivity index (χ3n) is 5.71. The van der Waals surface area contributed by atoms with E-state index in [1.54, 1.807) is 0 Å². The normalized spacial score (nSPS) is 11.1. The van der Waals surface area contributed by atoms with Crippen LogP contribution in [0.1, 0.15) is 142 Å². The summed E-state index contributed by atoms with van der Waals surface area (Å²) in [6, 6.07) is 0. The van der Waals surface area contributed by atoms with E-state index >= 15 is 0 Å². The van der Waals surface area contributed by atoms with E-state index in [0.717, 1.165) is 32.4 Å². The van der Waals surface area contributed by atoms with Gasteiger partial charge in [-0.2, -0.15) is 0 Å². The highest BCUT2D eigenvalue weighted by Gasteiger charge is 2.00. The van der Waals surface area contributed by atoms with Crippen molar-refractivity contribution < 1.29 is 4.79 Å². The van der Waals surface area contributed by atoms with Gasteiger partial charge < -0.3 is 11.1 Å². The van der Waals surface area contributed by atoms with Crippen molar-refractivity contribution in [2.45, 2.75) is 142 Å². The van der Waals surface area contributed by atoms with Gasteiger partial charge in [0, 0.05) is 13.0 Å². The van der Waals surface area contributed by atoms with Crippen molar-refractivity contribution in [1.29, 1.82) is 0 Å². The first-order valence-electron chi connectivity index (χ1n) is 12.8. The topological polar surface area (TPSA) is 55.1 Å². The third kappa shape index (κ3) is 23.5. The molecule has 0 saturated heterocycles. The molecule has 3 nitrogen and oxygen atoms in total. The molecule has 3 N–H and O–H groups in total. The Bertz CT molecular complexity index is 307. The molecule has 0 bridgehead atoms. The monoisotopic (exact) mass is 396 g/mol. The standard InChI is InChI=1S/C25H52N2O/c1-2-3-4-5-6-7-8-9-10-11-12-13-14-15-16-17-18-19-22-25(28)27-24-21-20-23-26/h2-24,26H2,1H3,(H,27,28). The molecule has 0 fully saturated rings. The van der Waals surface area contributed by atoms with E-state index in [0.29, 0.717) is 6.42 Å². The maximum absolute atomic E-state index is 11.6. The summed E-state index contributed by atoms with van der Waals surface area (Å²) in [6.45, 7) is 3.79. The van der Waals surface area contributed by atoms with Crippen molar-refractivity contribution in [2.24, 2.45) is 5.73 Å². The second kappa shape index (κ2) is 24.5. The molecule has 28 heavy (non-hydrogen) atoms. The number of amides is 1. The summed E-state index contributed by atoms with van der Waals surface area (Å²) in [5.41, 5.74) is 5.44. The van der Waals surface area contributed by atoms with E-state index in [1.807, 2.05) is 0 Å². The van der Waals surface area contributed by atoms with E-state index in [-0.39, 0.29) is 5.91 Å². The van der Waals surface area contributed by atoms with E-state index in [2.05, 4.69) is 12.2 Å². The summed E-state index contributed by atoms with van der Waals surface area (Å²) in [7, 11) is 0. The van der Waals surface area contributed by atoms with E-state index in [4.69, 9.17) is 5.73 Å². The molecule has 0 aliphatic carbocycles. The molecule has 1 amide bonds. The van der Waals surface area contributed by atoms with E-state index in [1.165, 1.54) is 109 Å². The summed E-state index contributed by atoms with van der Waals surface area (Å²) in [5.74, 6) is 0.216. The van der Waals surface area contributed by atoms with E-state index < -0.39 is 0 Å². The molecule has 3 heteroatoms. The highest BCUT2D eigenvalue weighted by molar-refractivity contribution is 5.75. The fourth-order valence-corrected chi connectivity index (χ4v) is 3.77. The molecular formula is C25H52N2O. The molecule has 0 aromatic carbocycles. The lowest BCUT2D eigenvalue weighted by molar-refractivity contribution is -0.121. The molecule has 0 rings (SSSR count). The summed E-state index contributed by atoms with van der Waals surface area (Å²) in [5, 5.41) is 2.98. The van der Waals surface area contributed by atoms with Gasteiger partial charge in [-0.05, 0) is 25.8 Å². The maximum Gasteiger partial charge on any atom is 0.219 e. The van der Waals surface area contributed by atoms with Crippen LogP contribution in [-0.4, -0.2) is 19.0 Å². The maximum atomic E-state index is 11.6. The van der Waals surface area contributed by atoms with Gasteiger partial charge in [-0.25, -0.2) is 0 Å². The Kier molecular flexibility index (Phi) is 24.0. The summed E-state index contributed by atoms with van der Waals surface area (Å²) < 4.78 is 0. The molecular weight excluding hydrogens is 344 g/mol. The summed E-state index contributed by atoms with van der Waals surface area (Å²) in [4.78, 5) is 11.6. The van der Waals surface area contributed by atoms with Crippen LogP contribution in [0.25, 0.3) is 0 Å². The Morgan fingerprint density at radius 2 is 0.964 bits per heavy atom. The number of rotatable bonds is 23. The smallest absolute Gasteiger partial charge is 0.219 e. The van der Waals surface area contributed by atoms with Crippen LogP contribution < -0.4 is 11.1 Å². The lowest BCUT2D eigenvalue weighted by Gasteiger charge is -2.05. The van der Waals surface area contributed by atoms with Gasteiger partial charge in [-0.1, -0.05) is 116 Å². The first kappa shape index (κ1) is 27.4. The van der Waals surface area contributed by atoms with Gasteiger partial charge in [0.15, 0.2) is 0 Å². The molecule has 0 aromatic heterocycles. The Morgan fingerprint density at radius 3 is 1.36 bits per heavy atom. The molecule has 0 unspecified atom stereocenters. The lowest BCUT2D eigenvalue weighted by Crippen LogP contribution is -2.24. The van der Waals surface area contributed by atoms with Crippen LogP contribution >= 0.6 is 0 Å². The lowest BCUT2D eigenvalue weighted by atomic mass is 10.0. The van der Waals surface area contributed by atoms with Crippen molar-refractivity contribution in [3.05, 3.63) is 0 Å². The largest absolute Gasteiger partial charge is 0.356 e. The zero-order valence-electron chi connectivity index (χ0n) is 19.2. The molecule has 0 aliphatic rings. The van der Waals surface area contributed by atoms with Crippen LogP contribution in [0.3, 0.4) is 0 Å². The molecule has 168 valence electrons. The number of nitrogens with two attached hydrogens (primary N) is 1. The number of carbonyl (C=O) groups excluding carboxylic acids is 1. The predicted octanol–water partition coefficient (Wildman–Crippen LogP) is 7.27. The average molecular weight is 397 g/mol.